The van der Waals surface area contributed by atoms with Gasteiger partial charge < -0.3 is 20.0 Å². The summed E-state index contributed by atoms with van der Waals surface area (Å²) in [5.41, 5.74) is 1.79. The summed E-state index contributed by atoms with van der Waals surface area (Å²) in [5.74, 6) is -1.51. The molecule has 0 radical (unpaired) electrons. The van der Waals surface area contributed by atoms with E-state index in [-0.39, 0.29) is 41.6 Å². The monoisotopic (exact) mass is 470 g/mol. The molecular weight excluding hydrogens is 449 g/mol. The van der Waals surface area contributed by atoms with Crippen LogP contribution in [-0.4, -0.2) is 28.3 Å². The number of fused-ring (bicyclic) bond motifs is 1. The fraction of sp³-hybridized carbons (Fsp3) is 0.208. The van der Waals surface area contributed by atoms with E-state index in [1.807, 2.05) is 30.3 Å². The lowest BCUT2D eigenvalue weighted by atomic mass is 9.98. The predicted octanol–water partition coefficient (Wildman–Crippen LogP) is 4.59. The number of carbonyl (C=O) groups is 2. The van der Waals surface area contributed by atoms with Crippen molar-refractivity contribution in [2.24, 2.45) is 0 Å². The third-order valence-corrected chi connectivity index (χ3v) is 5.16. The number of halogens is 3. The van der Waals surface area contributed by atoms with E-state index in [1.54, 1.807) is 24.3 Å². The third-order valence-electron chi connectivity index (χ3n) is 5.16. The second-order valence-electron chi connectivity index (χ2n) is 7.61. The van der Waals surface area contributed by atoms with Crippen molar-refractivity contribution in [2.45, 2.75) is 25.1 Å². The molecule has 176 valence electrons. The van der Waals surface area contributed by atoms with Crippen LogP contribution in [-0.2, 0) is 11.0 Å². The molecule has 0 spiro atoms. The molecule has 0 saturated heterocycles. The molecule has 3 N–H and O–H groups in total. The molecule has 2 aromatic carbocycles. The third kappa shape index (κ3) is 5.45. The lowest BCUT2D eigenvalue weighted by Crippen LogP contribution is -2.30. The van der Waals surface area contributed by atoms with Crippen LogP contribution in [0.15, 0.2) is 71.3 Å². The van der Waals surface area contributed by atoms with E-state index in [2.05, 4.69) is 20.6 Å². The lowest BCUT2D eigenvalue weighted by molar-refractivity contribution is -0.144. The maximum atomic E-state index is 13.0. The number of rotatable bonds is 8. The largest absolute Gasteiger partial charge is 0.459 e. The Balaban J connectivity index is 1.45. The number of imidazole rings is 1. The average molecular weight is 470 g/mol. The van der Waals surface area contributed by atoms with Crippen LogP contribution in [0.5, 0.6) is 0 Å². The number of benzene rings is 2. The molecule has 0 aliphatic heterocycles. The van der Waals surface area contributed by atoms with Crippen molar-refractivity contribution in [3.63, 3.8) is 0 Å². The zero-order chi connectivity index (χ0) is 24.1. The second-order valence-corrected chi connectivity index (χ2v) is 7.61. The molecule has 34 heavy (non-hydrogen) atoms. The summed E-state index contributed by atoms with van der Waals surface area (Å²) in [6.07, 6.45) is -2.64. The summed E-state index contributed by atoms with van der Waals surface area (Å²) in [5, 5.41) is 5.62. The number of alkyl halides is 3. The molecule has 2 heterocycles. The molecule has 7 nitrogen and oxygen atoms in total. The van der Waals surface area contributed by atoms with E-state index in [0.717, 1.165) is 5.56 Å². The van der Waals surface area contributed by atoms with Gasteiger partial charge in [0.1, 0.15) is 0 Å². The number of hydrogen-bond acceptors (Lipinski definition) is 4. The Morgan fingerprint density at radius 2 is 1.82 bits per heavy atom. The average Bonchev–Trinajstić information content (AvgIpc) is 3.50. The Labute approximate surface area is 192 Å². The van der Waals surface area contributed by atoms with Gasteiger partial charge in [-0.1, -0.05) is 36.4 Å². The number of H-pyrrole nitrogens is 1. The molecule has 1 unspecified atom stereocenters. The van der Waals surface area contributed by atoms with Gasteiger partial charge in [0, 0.05) is 13.0 Å². The number of furan rings is 1. The Morgan fingerprint density at radius 1 is 1.03 bits per heavy atom. The molecule has 4 aromatic rings. The summed E-state index contributed by atoms with van der Waals surface area (Å²) in [6, 6.07) is 16.4. The van der Waals surface area contributed by atoms with Gasteiger partial charge in [-0.05, 0) is 41.8 Å². The van der Waals surface area contributed by atoms with E-state index < -0.39 is 18.0 Å². The Bertz CT molecular complexity index is 1270. The molecule has 1 atom stereocenters. The van der Waals surface area contributed by atoms with Crippen LogP contribution in [0.3, 0.4) is 0 Å². The zero-order valence-corrected chi connectivity index (χ0v) is 17.9. The van der Waals surface area contributed by atoms with Crippen LogP contribution in [0.25, 0.3) is 11.0 Å². The zero-order valence-electron chi connectivity index (χ0n) is 17.9. The van der Waals surface area contributed by atoms with Crippen molar-refractivity contribution in [1.82, 2.24) is 20.6 Å². The number of nitrogens with zero attached hydrogens (tertiary/aromatic N) is 1. The Hall–Kier alpha value is -4.08. The van der Waals surface area contributed by atoms with Crippen molar-refractivity contribution in [3.05, 3.63) is 89.6 Å². The second kappa shape index (κ2) is 9.82. The minimum Gasteiger partial charge on any atom is -0.459 e. The summed E-state index contributed by atoms with van der Waals surface area (Å²) in [7, 11) is 0. The first kappa shape index (κ1) is 23.1. The highest BCUT2D eigenvalue weighted by Crippen LogP contribution is 2.30. The summed E-state index contributed by atoms with van der Waals surface area (Å²) < 4.78 is 44.1. The molecule has 0 aliphatic rings. The molecule has 10 heteroatoms. The Morgan fingerprint density at radius 3 is 2.53 bits per heavy atom. The highest BCUT2D eigenvalue weighted by Gasteiger charge is 2.34. The number of aromatic nitrogens is 2. The SMILES string of the molecule is O=C(CCCNC(=O)c1ccco1)NC(c1ccccc1)c1ccc2nc(C(F)(F)F)[nH]c2c1. The van der Waals surface area contributed by atoms with Crippen LogP contribution < -0.4 is 10.6 Å². The molecular formula is C24H21F3N4O3. The minimum atomic E-state index is -4.58. The summed E-state index contributed by atoms with van der Waals surface area (Å²) in [6.45, 7) is 0.281. The van der Waals surface area contributed by atoms with Crippen molar-refractivity contribution in [1.29, 1.82) is 0 Å². The first-order chi connectivity index (χ1) is 16.3. The van der Waals surface area contributed by atoms with Crippen LogP contribution in [0, 0.1) is 0 Å². The van der Waals surface area contributed by atoms with Gasteiger partial charge in [0.25, 0.3) is 5.91 Å². The molecule has 0 bridgehead atoms. The van der Waals surface area contributed by atoms with E-state index in [1.165, 1.54) is 12.3 Å². The normalized spacial score (nSPS) is 12.4. The van der Waals surface area contributed by atoms with Gasteiger partial charge in [-0.25, -0.2) is 4.98 Å². The lowest BCUT2D eigenvalue weighted by Gasteiger charge is -2.20. The van der Waals surface area contributed by atoms with Crippen LogP contribution in [0.1, 0.15) is 46.4 Å². The van der Waals surface area contributed by atoms with Gasteiger partial charge in [-0.15, -0.1) is 0 Å². The van der Waals surface area contributed by atoms with Gasteiger partial charge in [0.2, 0.25) is 11.7 Å². The smallest absolute Gasteiger partial charge is 0.449 e. The van der Waals surface area contributed by atoms with E-state index >= 15 is 0 Å². The van der Waals surface area contributed by atoms with Gasteiger partial charge in [0.05, 0.1) is 23.3 Å². The van der Waals surface area contributed by atoms with Crippen molar-refractivity contribution in [2.75, 3.05) is 6.54 Å². The summed E-state index contributed by atoms with van der Waals surface area (Å²) in [4.78, 5) is 30.4. The van der Waals surface area contributed by atoms with Gasteiger partial charge in [-0.2, -0.15) is 13.2 Å². The first-order valence-electron chi connectivity index (χ1n) is 10.5. The fourth-order valence-corrected chi connectivity index (χ4v) is 3.52. The number of hydrogen-bond donors (Lipinski definition) is 3. The molecule has 2 aromatic heterocycles. The maximum absolute atomic E-state index is 13.0. The molecule has 2 amide bonds. The fourth-order valence-electron chi connectivity index (χ4n) is 3.52. The maximum Gasteiger partial charge on any atom is 0.449 e. The first-order valence-corrected chi connectivity index (χ1v) is 10.5. The Kier molecular flexibility index (Phi) is 6.67. The van der Waals surface area contributed by atoms with Gasteiger partial charge in [0.15, 0.2) is 5.76 Å². The minimum absolute atomic E-state index is 0.145. The highest BCUT2D eigenvalue weighted by molar-refractivity contribution is 5.91. The van der Waals surface area contributed by atoms with Crippen LogP contribution in [0.4, 0.5) is 13.2 Å². The van der Waals surface area contributed by atoms with Crippen LogP contribution >= 0.6 is 0 Å². The van der Waals surface area contributed by atoms with Crippen LogP contribution in [0.2, 0.25) is 0 Å². The number of carbonyl (C=O) groups excluding carboxylic acids is 2. The number of aromatic amines is 1. The number of amides is 2. The topological polar surface area (TPSA) is 100 Å². The van der Waals surface area contributed by atoms with E-state index in [0.29, 0.717) is 12.0 Å². The number of nitrogens with one attached hydrogen (secondary N) is 3. The van der Waals surface area contributed by atoms with Crippen molar-refractivity contribution >= 4 is 22.8 Å². The van der Waals surface area contributed by atoms with Gasteiger partial charge in [-0.3, -0.25) is 9.59 Å². The summed E-state index contributed by atoms with van der Waals surface area (Å²) >= 11 is 0. The van der Waals surface area contributed by atoms with Gasteiger partial charge >= 0.3 is 6.18 Å². The quantitative estimate of drug-likeness (QED) is 0.328. The molecule has 0 fully saturated rings. The highest BCUT2D eigenvalue weighted by atomic mass is 19.4. The van der Waals surface area contributed by atoms with E-state index in [4.69, 9.17) is 4.42 Å². The predicted molar refractivity (Wildman–Crippen MR) is 118 cm³/mol. The molecule has 0 saturated carbocycles. The van der Waals surface area contributed by atoms with Crippen molar-refractivity contribution in [3.8, 4) is 0 Å². The molecule has 0 aliphatic carbocycles. The van der Waals surface area contributed by atoms with Crippen molar-refractivity contribution < 1.29 is 27.2 Å². The standard InChI is InChI=1S/C24H21F3N4O3/c25-24(26,27)23-29-17-11-10-16(14-18(17)30-23)21(15-6-2-1-3-7-15)31-20(32)9-4-12-28-22(33)19-8-5-13-34-19/h1-3,5-8,10-11,13-14,21H,4,9,12H2,(H,28,33)(H,29,30)(H,31,32). The molecule has 4 rings (SSSR count). The van der Waals surface area contributed by atoms with E-state index in [9.17, 15) is 22.8 Å².